The van der Waals surface area contributed by atoms with Crippen LogP contribution in [-0.4, -0.2) is 12.5 Å². The Labute approximate surface area is 90.5 Å². The Kier molecular flexibility index (Phi) is 4.17. The molecule has 0 atom stereocenters. The van der Waals surface area contributed by atoms with Gasteiger partial charge in [0.2, 0.25) is 0 Å². The summed E-state index contributed by atoms with van der Waals surface area (Å²) in [6, 6.07) is 7.04. The molecule has 1 N–H and O–H groups in total. The zero-order valence-electron chi connectivity index (χ0n) is 7.29. The SMILES string of the molecule is C#CCONC(=O)c1ccccc1Br. The van der Waals surface area contributed by atoms with Crippen molar-refractivity contribution in [3.05, 3.63) is 34.3 Å². The minimum Gasteiger partial charge on any atom is -0.267 e. The van der Waals surface area contributed by atoms with Crippen molar-refractivity contribution in [1.29, 1.82) is 0 Å². The number of carbonyl (C=O) groups excluding carboxylic acids is 1. The van der Waals surface area contributed by atoms with Gasteiger partial charge in [-0.15, -0.1) is 6.42 Å². The fourth-order valence-corrected chi connectivity index (χ4v) is 1.31. The van der Waals surface area contributed by atoms with Gasteiger partial charge in [0.15, 0.2) is 0 Å². The molecule has 72 valence electrons. The third-order valence-corrected chi connectivity index (χ3v) is 2.13. The van der Waals surface area contributed by atoms with Crippen LogP contribution in [0.25, 0.3) is 0 Å². The van der Waals surface area contributed by atoms with Gasteiger partial charge in [-0.1, -0.05) is 18.1 Å². The van der Waals surface area contributed by atoms with Crippen molar-refractivity contribution < 1.29 is 9.63 Å². The van der Waals surface area contributed by atoms with E-state index >= 15 is 0 Å². The zero-order chi connectivity index (χ0) is 10.4. The highest BCUT2D eigenvalue weighted by Gasteiger charge is 2.07. The number of terminal acetylenes is 1. The van der Waals surface area contributed by atoms with Crippen LogP contribution in [0, 0.1) is 12.3 Å². The Morgan fingerprint density at radius 1 is 1.57 bits per heavy atom. The zero-order valence-corrected chi connectivity index (χ0v) is 8.87. The minimum absolute atomic E-state index is 0.0518. The van der Waals surface area contributed by atoms with Crippen LogP contribution in [0.15, 0.2) is 28.7 Å². The molecular weight excluding hydrogens is 246 g/mol. The van der Waals surface area contributed by atoms with Gasteiger partial charge in [-0.3, -0.25) is 9.63 Å². The molecule has 1 aromatic rings. The summed E-state index contributed by atoms with van der Waals surface area (Å²) in [6.07, 6.45) is 4.95. The maximum atomic E-state index is 11.4. The fourth-order valence-electron chi connectivity index (χ4n) is 0.844. The molecule has 0 aliphatic rings. The number of amides is 1. The van der Waals surface area contributed by atoms with E-state index in [9.17, 15) is 4.79 Å². The number of hydrogen-bond donors (Lipinski definition) is 1. The lowest BCUT2D eigenvalue weighted by Gasteiger charge is -2.04. The Morgan fingerprint density at radius 2 is 2.29 bits per heavy atom. The average Bonchev–Trinajstić information content (AvgIpc) is 2.18. The first-order chi connectivity index (χ1) is 6.75. The van der Waals surface area contributed by atoms with Gasteiger partial charge >= 0.3 is 0 Å². The van der Waals surface area contributed by atoms with E-state index in [1.807, 2.05) is 6.07 Å². The smallest absolute Gasteiger partial charge is 0.267 e. The van der Waals surface area contributed by atoms with Gasteiger partial charge in [0.1, 0.15) is 6.61 Å². The van der Waals surface area contributed by atoms with E-state index in [1.165, 1.54) is 0 Å². The number of halogens is 1. The summed E-state index contributed by atoms with van der Waals surface area (Å²) in [5, 5.41) is 0. The summed E-state index contributed by atoms with van der Waals surface area (Å²) in [5.41, 5.74) is 2.73. The highest BCUT2D eigenvalue weighted by Crippen LogP contribution is 2.15. The Morgan fingerprint density at radius 3 is 2.93 bits per heavy atom. The molecule has 14 heavy (non-hydrogen) atoms. The normalized spacial score (nSPS) is 9.14. The van der Waals surface area contributed by atoms with E-state index < -0.39 is 0 Å². The van der Waals surface area contributed by atoms with Crippen LogP contribution in [0.4, 0.5) is 0 Å². The topological polar surface area (TPSA) is 38.3 Å². The molecule has 0 fully saturated rings. The van der Waals surface area contributed by atoms with Crippen LogP contribution in [0.5, 0.6) is 0 Å². The standard InChI is InChI=1S/C10H8BrNO2/c1-2-7-14-12-10(13)8-5-3-4-6-9(8)11/h1,3-6H,7H2,(H,12,13). The average molecular weight is 254 g/mol. The van der Waals surface area contributed by atoms with Crippen LogP contribution in [0.1, 0.15) is 10.4 Å². The van der Waals surface area contributed by atoms with Crippen molar-refractivity contribution in [3.63, 3.8) is 0 Å². The van der Waals surface area contributed by atoms with Gasteiger partial charge in [-0.2, -0.15) is 0 Å². The number of hydrogen-bond acceptors (Lipinski definition) is 2. The van der Waals surface area contributed by atoms with Crippen molar-refractivity contribution in [2.24, 2.45) is 0 Å². The molecule has 0 aliphatic carbocycles. The lowest BCUT2D eigenvalue weighted by molar-refractivity contribution is 0.0437. The molecule has 0 radical (unpaired) electrons. The molecule has 4 heteroatoms. The molecule has 1 rings (SSSR count). The molecule has 0 spiro atoms. The Bertz CT molecular complexity index is 371. The Hall–Kier alpha value is -1.31. The largest absolute Gasteiger partial charge is 0.276 e. The second-order valence-electron chi connectivity index (χ2n) is 2.40. The number of carbonyl (C=O) groups is 1. The molecule has 0 aliphatic heterocycles. The molecule has 3 nitrogen and oxygen atoms in total. The van der Waals surface area contributed by atoms with E-state index in [4.69, 9.17) is 11.3 Å². The maximum Gasteiger partial charge on any atom is 0.276 e. The van der Waals surface area contributed by atoms with Crippen LogP contribution in [-0.2, 0) is 4.84 Å². The molecule has 0 unspecified atom stereocenters. The third-order valence-electron chi connectivity index (χ3n) is 1.44. The van der Waals surface area contributed by atoms with Gasteiger partial charge in [0, 0.05) is 4.47 Å². The summed E-state index contributed by atoms with van der Waals surface area (Å²) >= 11 is 3.25. The predicted molar refractivity (Wildman–Crippen MR) is 56.4 cm³/mol. The maximum absolute atomic E-state index is 11.4. The van der Waals surface area contributed by atoms with Crippen LogP contribution < -0.4 is 5.48 Å². The molecular formula is C10H8BrNO2. The molecule has 0 aromatic heterocycles. The Balaban J connectivity index is 2.62. The van der Waals surface area contributed by atoms with Crippen molar-refractivity contribution >= 4 is 21.8 Å². The highest BCUT2D eigenvalue weighted by molar-refractivity contribution is 9.10. The van der Waals surface area contributed by atoms with Crippen LogP contribution >= 0.6 is 15.9 Å². The van der Waals surface area contributed by atoms with E-state index in [1.54, 1.807) is 18.2 Å². The summed E-state index contributed by atoms with van der Waals surface area (Å²) in [4.78, 5) is 16.1. The first-order valence-electron chi connectivity index (χ1n) is 3.86. The molecule has 1 aromatic carbocycles. The first kappa shape index (κ1) is 10.8. The lowest BCUT2D eigenvalue weighted by Crippen LogP contribution is -2.24. The van der Waals surface area contributed by atoms with Crippen molar-refractivity contribution in [3.8, 4) is 12.3 Å². The van der Waals surface area contributed by atoms with E-state index in [0.29, 0.717) is 10.0 Å². The molecule has 1 amide bonds. The van der Waals surface area contributed by atoms with Gasteiger partial charge < -0.3 is 0 Å². The summed E-state index contributed by atoms with van der Waals surface area (Å²) in [7, 11) is 0. The fraction of sp³-hybridized carbons (Fsp3) is 0.100. The minimum atomic E-state index is -0.326. The highest BCUT2D eigenvalue weighted by atomic mass is 79.9. The van der Waals surface area contributed by atoms with Gasteiger partial charge in [-0.25, -0.2) is 5.48 Å². The molecule has 0 bridgehead atoms. The summed E-state index contributed by atoms with van der Waals surface area (Å²) in [6.45, 7) is 0.0518. The predicted octanol–water partition coefficient (Wildman–Crippen LogP) is 1.74. The number of rotatable bonds is 3. The second-order valence-corrected chi connectivity index (χ2v) is 3.26. The van der Waals surface area contributed by atoms with Crippen molar-refractivity contribution in [1.82, 2.24) is 5.48 Å². The van der Waals surface area contributed by atoms with Crippen molar-refractivity contribution in [2.45, 2.75) is 0 Å². The summed E-state index contributed by atoms with van der Waals surface area (Å²) < 4.78 is 0.710. The third kappa shape index (κ3) is 2.87. The van der Waals surface area contributed by atoms with Gasteiger partial charge in [0.05, 0.1) is 5.56 Å². The number of hydroxylamine groups is 1. The van der Waals surface area contributed by atoms with Gasteiger partial charge in [-0.05, 0) is 28.1 Å². The molecule has 0 saturated heterocycles. The summed E-state index contributed by atoms with van der Waals surface area (Å²) in [5.74, 6) is 1.91. The van der Waals surface area contributed by atoms with E-state index in [2.05, 4.69) is 27.3 Å². The van der Waals surface area contributed by atoms with Gasteiger partial charge in [0.25, 0.3) is 5.91 Å². The molecule has 0 heterocycles. The van der Waals surface area contributed by atoms with Crippen LogP contribution in [0.3, 0.4) is 0 Å². The first-order valence-corrected chi connectivity index (χ1v) is 4.65. The number of benzene rings is 1. The van der Waals surface area contributed by atoms with E-state index in [0.717, 1.165) is 0 Å². The van der Waals surface area contributed by atoms with Crippen molar-refractivity contribution in [2.75, 3.05) is 6.61 Å². The quantitative estimate of drug-likeness (QED) is 0.507. The monoisotopic (exact) mass is 253 g/mol. The lowest BCUT2D eigenvalue weighted by atomic mass is 10.2. The number of nitrogens with one attached hydrogen (secondary N) is 1. The van der Waals surface area contributed by atoms with Crippen LogP contribution in [0.2, 0.25) is 0 Å². The molecule has 0 saturated carbocycles. The van der Waals surface area contributed by atoms with E-state index in [-0.39, 0.29) is 12.5 Å². The second kappa shape index (κ2) is 5.43.